The molecule has 0 bridgehead atoms. The van der Waals surface area contributed by atoms with Crippen LogP contribution in [0, 0.1) is 6.92 Å². The van der Waals surface area contributed by atoms with E-state index < -0.39 is 16.0 Å². The fourth-order valence-electron chi connectivity index (χ4n) is 3.73. The second kappa shape index (κ2) is 8.88. The molecule has 166 valence electrons. The Morgan fingerprint density at radius 1 is 0.969 bits per heavy atom. The van der Waals surface area contributed by atoms with E-state index in [9.17, 15) is 18.3 Å². The van der Waals surface area contributed by atoms with Gasteiger partial charge >= 0.3 is 5.97 Å². The van der Waals surface area contributed by atoms with Crippen molar-refractivity contribution in [3.05, 3.63) is 78.0 Å². The van der Waals surface area contributed by atoms with E-state index in [0.717, 1.165) is 11.4 Å². The van der Waals surface area contributed by atoms with Gasteiger partial charge in [0.2, 0.25) is 0 Å². The summed E-state index contributed by atoms with van der Waals surface area (Å²) in [4.78, 5) is 20.3. The molecule has 1 aliphatic heterocycles. The monoisotopic (exact) mass is 452 g/mol. The summed E-state index contributed by atoms with van der Waals surface area (Å²) in [5, 5.41) is 9.42. The second-order valence-electron chi connectivity index (χ2n) is 7.62. The first-order valence-electron chi connectivity index (χ1n) is 10.2. The Morgan fingerprint density at radius 2 is 1.72 bits per heavy atom. The fourth-order valence-corrected chi connectivity index (χ4v) is 4.90. The molecule has 9 heteroatoms. The highest BCUT2D eigenvalue weighted by Gasteiger charge is 2.23. The molecule has 3 aromatic rings. The summed E-state index contributed by atoms with van der Waals surface area (Å²) in [5.74, 6) is -0.221. The molecule has 0 spiro atoms. The van der Waals surface area contributed by atoms with E-state index in [4.69, 9.17) is 0 Å². The molecule has 1 saturated heterocycles. The van der Waals surface area contributed by atoms with Crippen LogP contribution >= 0.6 is 0 Å². The minimum absolute atomic E-state index is 0.0165. The van der Waals surface area contributed by atoms with Gasteiger partial charge in [0.05, 0.1) is 21.8 Å². The zero-order valence-electron chi connectivity index (χ0n) is 17.6. The van der Waals surface area contributed by atoms with Gasteiger partial charge in [0, 0.05) is 32.4 Å². The summed E-state index contributed by atoms with van der Waals surface area (Å²) in [5.41, 5.74) is 1.73. The lowest BCUT2D eigenvalue weighted by Crippen LogP contribution is -2.47. The quantitative estimate of drug-likeness (QED) is 0.592. The number of sulfonamides is 1. The van der Waals surface area contributed by atoms with Crippen molar-refractivity contribution in [1.29, 1.82) is 0 Å². The zero-order valence-corrected chi connectivity index (χ0v) is 18.4. The molecular weight excluding hydrogens is 428 g/mol. The summed E-state index contributed by atoms with van der Waals surface area (Å²) in [6.45, 7) is 4.52. The lowest BCUT2D eigenvalue weighted by molar-refractivity contribution is 0.0697. The lowest BCUT2D eigenvalue weighted by Gasteiger charge is -2.37. The largest absolute Gasteiger partial charge is 0.478 e. The number of aromatic nitrogens is 1. The van der Waals surface area contributed by atoms with E-state index in [1.807, 2.05) is 31.2 Å². The van der Waals surface area contributed by atoms with Crippen LogP contribution in [0.2, 0.25) is 0 Å². The Morgan fingerprint density at radius 3 is 2.38 bits per heavy atom. The maximum Gasteiger partial charge on any atom is 0.335 e. The number of hydrogen-bond acceptors (Lipinski definition) is 6. The summed E-state index contributed by atoms with van der Waals surface area (Å²) in [6, 6.07) is 16.9. The average molecular weight is 453 g/mol. The Hall–Kier alpha value is -3.59. The van der Waals surface area contributed by atoms with E-state index in [2.05, 4.69) is 19.5 Å². The first-order valence-corrected chi connectivity index (χ1v) is 11.7. The fraction of sp³-hybridized carbons (Fsp3) is 0.217. The smallest absolute Gasteiger partial charge is 0.335 e. The number of benzene rings is 2. The van der Waals surface area contributed by atoms with Crippen molar-refractivity contribution in [2.24, 2.45) is 0 Å². The maximum atomic E-state index is 13.0. The highest BCUT2D eigenvalue weighted by atomic mass is 32.2. The van der Waals surface area contributed by atoms with E-state index in [-0.39, 0.29) is 16.1 Å². The highest BCUT2D eigenvalue weighted by molar-refractivity contribution is 7.92. The van der Waals surface area contributed by atoms with Crippen molar-refractivity contribution in [3.63, 3.8) is 0 Å². The van der Waals surface area contributed by atoms with Gasteiger partial charge in [-0.15, -0.1) is 0 Å². The van der Waals surface area contributed by atoms with Crippen LogP contribution in [0.1, 0.15) is 15.9 Å². The summed E-state index contributed by atoms with van der Waals surface area (Å²) in [6.07, 6.45) is 1.75. The number of piperazine rings is 1. The number of aryl methyl sites for hydroxylation is 1. The Labute approximate surface area is 187 Å². The SMILES string of the molecule is Cc1cccc(S(=O)(=O)Nc2cc(C(=O)O)ccc2N2CCN(c3ccccn3)CC2)c1. The van der Waals surface area contributed by atoms with E-state index in [1.165, 1.54) is 18.2 Å². The molecule has 2 heterocycles. The Bertz CT molecular complexity index is 1220. The van der Waals surface area contributed by atoms with Crippen molar-refractivity contribution in [2.75, 3.05) is 40.7 Å². The molecule has 0 aliphatic carbocycles. The Kier molecular flexibility index (Phi) is 6.00. The van der Waals surface area contributed by atoms with Gasteiger partial charge in [-0.05, 0) is 55.0 Å². The van der Waals surface area contributed by atoms with Gasteiger partial charge in [0.15, 0.2) is 0 Å². The molecule has 32 heavy (non-hydrogen) atoms. The van der Waals surface area contributed by atoms with Crippen molar-refractivity contribution in [3.8, 4) is 0 Å². The van der Waals surface area contributed by atoms with Crippen LogP contribution in [-0.2, 0) is 10.0 Å². The highest BCUT2D eigenvalue weighted by Crippen LogP contribution is 2.31. The molecule has 8 nitrogen and oxygen atoms in total. The molecule has 1 aliphatic rings. The van der Waals surface area contributed by atoms with Crippen LogP contribution < -0.4 is 14.5 Å². The van der Waals surface area contributed by atoms with Gasteiger partial charge in [-0.1, -0.05) is 18.2 Å². The van der Waals surface area contributed by atoms with Crippen LogP contribution in [-0.4, -0.2) is 50.7 Å². The Balaban J connectivity index is 1.61. The van der Waals surface area contributed by atoms with Gasteiger partial charge in [-0.25, -0.2) is 18.2 Å². The standard InChI is InChI=1S/C23H24N4O4S/c1-17-5-4-6-19(15-17)32(30,31)25-20-16-18(23(28)29)8-9-21(20)26-11-13-27(14-12-26)22-7-2-3-10-24-22/h2-10,15-16,25H,11-14H2,1H3,(H,28,29). The van der Waals surface area contributed by atoms with Crippen LogP contribution in [0.25, 0.3) is 0 Å². The van der Waals surface area contributed by atoms with Crippen LogP contribution in [0.4, 0.5) is 17.2 Å². The molecule has 2 aromatic carbocycles. The third-order valence-corrected chi connectivity index (χ3v) is 6.74. The van der Waals surface area contributed by atoms with Gasteiger partial charge < -0.3 is 14.9 Å². The second-order valence-corrected chi connectivity index (χ2v) is 9.30. The molecule has 0 amide bonds. The van der Waals surface area contributed by atoms with Gasteiger partial charge in [-0.3, -0.25) is 4.72 Å². The van der Waals surface area contributed by atoms with Crippen LogP contribution in [0.5, 0.6) is 0 Å². The minimum atomic E-state index is -3.88. The number of aromatic carboxylic acids is 1. The van der Waals surface area contributed by atoms with Crippen molar-refractivity contribution in [1.82, 2.24) is 4.98 Å². The zero-order chi connectivity index (χ0) is 22.7. The van der Waals surface area contributed by atoms with E-state index >= 15 is 0 Å². The molecular formula is C23H24N4O4S. The number of carboxylic acids is 1. The maximum absolute atomic E-state index is 13.0. The van der Waals surface area contributed by atoms with Gasteiger partial charge in [0.1, 0.15) is 5.82 Å². The number of carbonyl (C=O) groups is 1. The molecule has 0 atom stereocenters. The first kappa shape index (κ1) is 21.6. The van der Waals surface area contributed by atoms with Crippen LogP contribution in [0.3, 0.4) is 0 Å². The van der Waals surface area contributed by atoms with Crippen molar-refractivity contribution >= 4 is 33.2 Å². The predicted octanol–water partition coefficient (Wildman–Crippen LogP) is 3.22. The predicted molar refractivity (Wildman–Crippen MR) is 124 cm³/mol. The van der Waals surface area contributed by atoms with Crippen molar-refractivity contribution in [2.45, 2.75) is 11.8 Å². The number of pyridine rings is 1. The van der Waals surface area contributed by atoms with E-state index in [0.29, 0.717) is 31.9 Å². The third kappa shape index (κ3) is 4.67. The summed E-state index contributed by atoms with van der Waals surface area (Å²) >= 11 is 0. The molecule has 0 radical (unpaired) electrons. The molecule has 0 saturated carbocycles. The molecule has 2 N–H and O–H groups in total. The van der Waals surface area contributed by atoms with E-state index in [1.54, 1.807) is 24.4 Å². The average Bonchev–Trinajstić information content (AvgIpc) is 2.79. The molecule has 4 rings (SSSR count). The van der Waals surface area contributed by atoms with Gasteiger partial charge in [0.25, 0.3) is 10.0 Å². The normalized spacial score (nSPS) is 14.3. The topological polar surface area (TPSA) is 103 Å². The number of nitrogens with one attached hydrogen (secondary N) is 1. The molecule has 1 fully saturated rings. The van der Waals surface area contributed by atoms with Gasteiger partial charge in [-0.2, -0.15) is 0 Å². The van der Waals surface area contributed by atoms with Crippen molar-refractivity contribution < 1.29 is 18.3 Å². The third-order valence-electron chi connectivity index (χ3n) is 5.38. The summed E-state index contributed by atoms with van der Waals surface area (Å²) in [7, 11) is -3.88. The number of hydrogen-bond donors (Lipinski definition) is 2. The minimum Gasteiger partial charge on any atom is -0.478 e. The number of carboxylic acid groups (broad SMARTS) is 1. The first-order chi connectivity index (χ1) is 15.3. The number of nitrogens with zero attached hydrogens (tertiary/aromatic N) is 3. The molecule has 1 aromatic heterocycles. The number of anilines is 3. The summed E-state index contributed by atoms with van der Waals surface area (Å²) < 4.78 is 28.6. The van der Waals surface area contributed by atoms with Crippen LogP contribution in [0.15, 0.2) is 71.8 Å². The number of rotatable bonds is 6. The molecule has 0 unspecified atom stereocenters. The lowest BCUT2D eigenvalue weighted by atomic mass is 10.1.